The van der Waals surface area contributed by atoms with Gasteiger partial charge < -0.3 is 25.3 Å². The molecule has 0 aliphatic carbocycles. The Morgan fingerprint density at radius 3 is 1.33 bits per heavy atom. The van der Waals surface area contributed by atoms with Gasteiger partial charge in [-0.3, -0.25) is 8.98 Å². The molecule has 0 amide bonds. The fraction of sp³-hybridized carbons (Fsp3) is 0.909. The number of unbranched alkanes of at least 4 members (excludes halogenated alkanes) is 20. The van der Waals surface area contributed by atoms with Gasteiger partial charge in [-0.05, 0) is 45.4 Å². The number of carboxylic acids is 1. The summed E-state index contributed by atoms with van der Waals surface area (Å²) in [5.41, 5.74) is 0. The Hall–Kier alpha value is 1.60. The summed E-state index contributed by atoms with van der Waals surface area (Å²) in [7, 11) is -4.48. The predicted molar refractivity (Wildman–Crippen MR) is 175 cm³/mol. The predicted octanol–water partition coefficient (Wildman–Crippen LogP) is 2.68. The molecule has 1 unspecified atom stereocenters. The summed E-state index contributed by atoms with van der Waals surface area (Å²) in [6.07, 6.45) is 32.4. The molecule has 0 radical (unpaired) electrons. The second-order valence-electron chi connectivity index (χ2n) is 11.2. The first-order valence-electron chi connectivity index (χ1n) is 16.9. The van der Waals surface area contributed by atoms with Crippen molar-refractivity contribution >= 4 is 16.4 Å². The smallest absolute Gasteiger partial charge is 0.870 e. The van der Waals surface area contributed by atoms with E-state index in [4.69, 9.17) is 15.3 Å². The minimum absolute atomic E-state index is 0. The molecule has 0 aliphatic rings. The molecule has 9 nitrogen and oxygen atoms in total. The molecule has 0 rings (SSSR count). The number of aliphatic hydroxyl groups excluding tert-OH is 2. The van der Waals surface area contributed by atoms with Crippen molar-refractivity contribution in [1.29, 1.82) is 0 Å². The van der Waals surface area contributed by atoms with E-state index in [1.54, 1.807) is 0 Å². The molecule has 0 bridgehead atoms. The number of aliphatic carboxylic acids is 1. The van der Waals surface area contributed by atoms with Gasteiger partial charge in [-0.15, -0.1) is 0 Å². The minimum atomic E-state index is -4.48. The minimum Gasteiger partial charge on any atom is -0.870 e. The molecule has 0 aliphatic heterocycles. The Balaban J connectivity index is -0.000000140. The molecule has 262 valence electrons. The van der Waals surface area contributed by atoms with Gasteiger partial charge in [0.2, 0.25) is 10.4 Å². The zero-order valence-corrected chi connectivity index (χ0v) is 35.8. The standard InChI is InChI=1S/C18H34O2.C12H26O4S.C3H8O2.K.Na.H2O/c1-2-3-4-5-6-7-8-9-10-11-12-13-14-15-16-17-18(19)20;1-2-3-4-5-6-7-8-9-10-11-12-16-17(13,14)15;1-3(5)2-4;;;/h9-10H,2-8,11-17H2,1H3,(H,19,20);2-12H2,1H3,(H,13,14,15);3-5H,2H2,1H3;;;1H2/q;;;2*+1;/p-2/b10-9-;;;;;. The number of rotatable bonds is 28. The topological polar surface area (TPSA) is 174 Å². The van der Waals surface area contributed by atoms with Crippen LogP contribution in [0.3, 0.4) is 0 Å². The third-order valence-electron chi connectivity index (χ3n) is 6.64. The molecule has 0 saturated carbocycles. The molecule has 0 aromatic rings. The molecule has 0 saturated heterocycles. The zero-order valence-electron chi connectivity index (χ0n) is 29.9. The van der Waals surface area contributed by atoms with Gasteiger partial charge in [-0.25, -0.2) is 8.42 Å². The first kappa shape index (κ1) is 58.8. The zero-order chi connectivity index (χ0) is 32.2. The van der Waals surface area contributed by atoms with Crippen molar-refractivity contribution in [3.05, 3.63) is 12.2 Å². The number of carboxylic acid groups (broad SMARTS) is 1. The Morgan fingerprint density at radius 2 is 1.02 bits per heavy atom. The number of aliphatic hydroxyl groups is 2. The third kappa shape index (κ3) is 72.4. The third-order valence-corrected chi connectivity index (χ3v) is 7.10. The van der Waals surface area contributed by atoms with E-state index >= 15 is 0 Å². The maximum atomic E-state index is 10.3. The van der Waals surface area contributed by atoms with Crippen molar-refractivity contribution < 1.29 is 124 Å². The molecular formula is C33H68KNaO9S. The largest absolute Gasteiger partial charge is 1.00 e. The van der Waals surface area contributed by atoms with Crippen LogP contribution in [0, 0.1) is 0 Å². The van der Waals surface area contributed by atoms with Gasteiger partial charge >= 0.3 is 86.9 Å². The average molecular weight is 703 g/mol. The summed E-state index contributed by atoms with van der Waals surface area (Å²) in [5.74, 6) is -0.664. The van der Waals surface area contributed by atoms with Crippen LogP contribution in [-0.2, 0) is 19.4 Å². The van der Waals surface area contributed by atoms with Gasteiger partial charge in [-0.1, -0.05) is 135 Å². The van der Waals surface area contributed by atoms with E-state index in [0.29, 0.717) is 12.8 Å². The maximum Gasteiger partial charge on any atom is 1.00 e. The van der Waals surface area contributed by atoms with E-state index in [1.807, 2.05) is 0 Å². The number of hydrogen-bond acceptors (Lipinski definition) is 8. The SMILES string of the molecule is CC(O)CO.CCCCCCCC/C=C\CCCCCCCC(=O)O.CCCCCCCCCCCCOS(=O)(=O)[O-].[K+].[Na+].[OH-]. The van der Waals surface area contributed by atoms with Crippen molar-refractivity contribution in [1.82, 2.24) is 0 Å². The van der Waals surface area contributed by atoms with E-state index < -0.39 is 22.5 Å². The van der Waals surface area contributed by atoms with Gasteiger partial charge in [-0.2, -0.15) is 0 Å². The van der Waals surface area contributed by atoms with Crippen LogP contribution in [0.15, 0.2) is 12.2 Å². The maximum absolute atomic E-state index is 10.3. The average Bonchev–Trinajstić information content (AvgIpc) is 2.93. The molecule has 0 aromatic carbocycles. The van der Waals surface area contributed by atoms with Crippen LogP contribution in [0.2, 0.25) is 0 Å². The summed E-state index contributed by atoms with van der Waals surface area (Å²) in [5, 5.41) is 24.5. The summed E-state index contributed by atoms with van der Waals surface area (Å²) >= 11 is 0. The molecule has 0 spiro atoms. The summed E-state index contributed by atoms with van der Waals surface area (Å²) in [6, 6.07) is 0. The van der Waals surface area contributed by atoms with Crippen LogP contribution >= 0.6 is 0 Å². The molecule has 4 N–H and O–H groups in total. The van der Waals surface area contributed by atoms with Gasteiger partial charge in [0.05, 0.1) is 19.3 Å². The molecule has 0 fully saturated rings. The van der Waals surface area contributed by atoms with Crippen LogP contribution in [0.4, 0.5) is 0 Å². The number of carbonyl (C=O) groups is 1. The number of hydrogen-bond donors (Lipinski definition) is 3. The summed E-state index contributed by atoms with van der Waals surface area (Å²) in [4.78, 5) is 10.3. The van der Waals surface area contributed by atoms with E-state index in [1.165, 1.54) is 122 Å². The molecule has 45 heavy (non-hydrogen) atoms. The fourth-order valence-corrected chi connectivity index (χ4v) is 4.42. The van der Waals surface area contributed by atoms with E-state index in [9.17, 15) is 17.8 Å². The second kappa shape index (κ2) is 50.0. The molecule has 1 atom stereocenters. The number of allylic oxidation sites excluding steroid dienone is 2. The van der Waals surface area contributed by atoms with Crippen molar-refractivity contribution in [3.63, 3.8) is 0 Å². The van der Waals surface area contributed by atoms with Gasteiger partial charge in [0.25, 0.3) is 0 Å². The Morgan fingerprint density at radius 1 is 0.711 bits per heavy atom. The summed E-state index contributed by atoms with van der Waals surface area (Å²) < 4.78 is 34.5. The molecule has 0 aromatic heterocycles. The molecule has 0 heterocycles. The molecule has 12 heteroatoms. The van der Waals surface area contributed by atoms with Crippen LogP contribution in [0.5, 0.6) is 0 Å². The van der Waals surface area contributed by atoms with Gasteiger partial charge in [0.15, 0.2) is 0 Å². The Bertz CT molecular complexity index is 667. The Labute approximate surface area is 342 Å². The van der Waals surface area contributed by atoms with Gasteiger partial charge in [0, 0.05) is 6.42 Å². The van der Waals surface area contributed by atoms with Crippen molar-refractivity contribution in [2.75, 3.05) is 13.2 Å². The quantitative estimate of drug-likeness (QED) is 0.0364. The second-order valence-corrected chi connectivity index (χ2v) is 12.2. The first-order valence-corrected chi connectivity index (χ1v) is 18.2. The van der Waals surface area contributed by atoms with Crippen molar-refractivity contribution in [2.45, 2.75) is 181 Å². The first-order chi connectivity index (χ1) is 20.1. The van der Waals surface area contributed by atoms with Crippen LogP contribution in [-0.4, -0.2) is 59.1 Å². The Kier molecular flexibility index (Phi) is 65.3. The fourth-order valence-electron chi connectivity index (χ4n) is 4.10. The van der Waals surface area contributed by atoms with E-state index in [0.717, 1.165) is 25.7 Å². The monoisotopic (exact) mass is 702 g/mol. The van der Waals surface area contributed by atoms with Crippen LogP contribution < -0.4 is 80.9 Å². The normalized spacial score (nSPS) is 11.2. The van der Waals surface area contributed by atoms with Gasteiger partial charge in [0.1, 0.15) is 0 Å². The summed E-state index contributed by atoms with van der Waals surface area (Å²) in [6.45, 7) is 5.89. The van der Waals surface area contributed by atoms with Crippen LogP contribution in [0.1, 0.15) is 175 Å². The van der Waals surface area contributed by atoms with Crippen molar-refractivity contribution in [3.8, 4) is 0 Å². The van der Waals surface area contributed by atoms with Crippen molar-refractivity contribution in [2.24, 2.45) is 0 Å². The van der Waals surface area contributed by atoms with Crippen LogP contribution in [0.25, 0.3) is 0 Å². The van der Waals surface area contributed by atoms with E-state index in [-0.39, 0.29) is 99.6 Å². The molecular weight excluding hydrogens is 635 g/mol. The van der Waals surface area contributed by atoms with E-state index in [2.05, 4.69) is 30.2 Å².